The van der Waals surface area contributed by atoms with Crippen molar-refractivity contribution >= 4 is 35.6 Å². The first kappa shape index (κ1) is 21.6. The van der Waals surface area contributed by atoms with E-state index in [2.05, 4.69) is 10.3 Å². The van der Waals surface area contributed by atoms with Crippen molar-refractivity contribution < 1.29 is 23.0 Å². The second kappa shape index (κ2) is 9.12. The van der Waals surface area contributed by atoms with Crippen LogP contribution in [0.15, 0.2) is 41.4 Å². The van der Waals surface area contributed by atoms with Crippen LogP contribution in [0.25, 0.3) is 0 Å². The molecule has 6 nitrogen and oxygen atoms in total. The molecule has 0 atom stereocenters. The van der Waals surface area contributed by atoms with Gasteiger partial charge >= 0.3 is 0 Å². The van der Waals surface area contributed by atoms with E-state index in [1.54, 1.807) is 0 Å². The normalized spacial score (nSPS) is 17.5. The number of hydrogen-bond acceptors (Lipinski definition) is 4. The minimum atomic E-state index is -0.601. The van der Waals surface area contributed by atoms with E-state index in [-0.39, 0.29) is 47.8 Å². The Morgan fingerprint density at radius 1 is 1.07 bits per heavy atom. The van der Waals surface area contributed by atoms with Gasteiger partial charge in [0.2, 0.25) is 6.79 Å². The molecule has 0 saturated carbocycles. The van der Waals surface area contributed by atoms with Crippen molar-refractivity contribution in [2.75, 3.05) is 31.9 Å². The molecule has 2 aromatic rings. The van der Waals surface area contributed by atoms with Gasteiger partial charge in [0, 0.05) is 24.7 Å². The number of nitrogens with zero attached hydrogens (tertiary/aromatic N) is 1. The maximum absolute atomic E-state index is 13.8. The number of benzene rings is 2. The number of nitrogens with two attached hydrogens (primary N) is 1. The van der Waals surface area contributed by atoms with Crippen LogP contribution >= 0.6 is 24.0 Å². The molecule has 4 rings (SSSR count). The minimum absolute atomic E-state index is 0. The quantitative estimate of drug-likeness (QED) is 0.367. The molecule has 29 heavy (non-hydrogen) atoms. The Hall–Kier alpha value is -2.14. The van der Waals surface area contributed by atoms with Crippen LogP contribution in [0, 0.1) is 11.6 Å². The van der Waals surface area contributed by atoms with Crippen molar-refractivity contribution in [2.24, 2.45) is 10.7 Å². The van der Waals surface area contributed by atoms with Gasteiger partial charge in [-0.1, -0.05) is 6.07 Å². The lowest BCUT2D eigenvalue weighted by Gasteiger charge is -2.36. The average molecular weight is 517 g/mol. The highest BCUT2D eigenvalue weighted by atomic mass is 127. The van der Waals surface area contributed by atoms with Crippen LogP contribution in [0.5, 0.6) is 11.5 Å². The van der Waals surface area contributed by atoms with Crippen molar-refractivity contribution in [3.05, 3.63) is 53.6 Å². The third-order valence-corrected chi connectivity index (χ3v) is 5.18. The molecule has 2 aliphatic heterocycles. The summed E-state index contributed by atoms with van der Waals surface area (Å²) in [4.78, 5) is 4.42. The smallest absolute Gasteiger partial charge is 0.231 e. The van der Waals surface area contributed by atoms with Crippen LogP contribution in [-0.2, 0) is 10.2 Å². The second-order valence-electron chi connectivity index (χ2n) is 6.91. The molecular formula is C20H22F2IN3O3. The number of anilines is 1. The van der Waals surface area contributed by atoms with Crippen molar-refractivity contribution in [1.29, 1.82) is 0 Å². The van der Waals surface area contributed by atoms with E-state index in [1.165, 1.54) is 0 Å². The topological polar surface area (TPSA) is 78.1 Å². The van der Waals surface area contributed by atoms with Crippen LogP contribution in [0.3, 0.4) is 0 Å². The van der Waals surface area contributed by atoms with Gasteiger partial charge in [-0.15, -0.1) is 24.0 Å². The highest BCUT2D eigenvalue weighted by Crippen LogP contribution is 2.41. The predicted octanol–water partition coefficient (Wildman–Crippen LogP) is 3.79. The van der Waals surface area contributed by atoms with Crippen molar-refractivity contribution in [3.63, 3.8) is 0 Å². The number of aliphatic imine (C=N–C) groups is 1. The molecule has 0 radical (unpaired) electrons. The standard InChI is InChI=1S/C20H21F2N3O3.HI/c21-14-2-3-15(22)16(10-14)25-19(23)24-11-20(5-7-26-8-6-20)13-1-4-17-18(9-13)28-12-27-17;/h1-4,9-10H,5-8,11-12H2,(H3,23,24,25);1H. The summed E-state index contributed by atoms with van der Waals surface area (Å²) in [5.74, 6) is 0.294. The summed E-state index contributed by atoms with van der Waals surface area (Å²) in [6.45, 7) is 1.81. The van der Waals surface area contributed by atoms with E-state index >= 15 is 0 Å². The first-order valence-corrected chi connectivity index (χ1v) is 9.06. The summed E-state index contributed by atoms with van der Waals surface area (Å²) < 4.78 is 43.6. The van der Waals surface area contributed by atoms with Gasteiger partial charge in [0.05, 0.1) is 12.2 Å². The van der Waals surface area contributed by atoms with Crippen LogP contribution in [0.4, 0.5) is 14.5 Å². The highest BCUT2D eigenvalue weighted by Gasteiger charge is 2.35. The van der Waals surface area contributed by atoms with Crippen molar-refractivity contribution in [2.45, 2.75) is 18.3 Å². The number of ether oxygens (including phenoxy) is 3. The third-order valence-electron chi connectivity index (χ3n) is 5.18. The fourth-order valence-electron chi connectivity index (χ4n) is 3.53. The number of fused-ring (bicyclic) bond motifs is 1. The second-order valence-corrected chi connectivity index (χ2v) is 6.91. The monoisotopic (exact) mass is 517 g/mol. The first-order chi connectivity index (χ1) is 13.6. The van der Waals surface area contributed by atoms with Crippen LogP contribution in [0.2, 0.25) is 0 Å². The lowest BCUT2D eigenvalue weighted by molar-refractivity contribution is 0.0531. The van der Waals surface area contributed by atoms with Gasteiger partial charge in [-0.05, 0) is 42.7 Å². The molecule has 0 aromatic heterocycles. The van der Waals surface area contributed by atoms with Crippen LogP contribution in [0.1, 0.15) is 18.4 Å². The highest BCUT2D eigenvalue weighted by molar-refractivity contribution is 14.0. The van der Waals surface area contributed by atoms with Gasteiger partial charge in [-0.2, -0.15) is 0 Å². The largest absolute Gasteiger partial charge is 0.454 e. The number of hydrogen-bond donors (Lipinski definition) is 2. The Labute approximate surface area is 184 Å². The molecule has 1 saturated heterocycles. The fourth-order valence-corrected chi connectivity index (χ4v) is 3.53. The Morgan fingerprint density at radius 2 is 1.83 bits per heavy atom. The molecule has 0 amide bonds. The molecule has 0 aliphatic carbocycles. The number of halogens is 3. The third kappa shape index (κ3) is 4.72. The van der Waals surface area contributed by atoms with Gasteiger partial charge in [-0.25, -0.2) is 8.78 Å². The van der Waals surface area contributed by atoms with E-state index in [4.69, 9.17) is 19.9 Å². The first-order valence-electron chi connectivity index (χ1n) is 9.06. The van der Waals surface area contributed by atoms with Gasteiger partial charge in [0.1, 0.15) is 11.6 Å². The number of nitrogens with one attached hydrogen (secondary N) is 1. The van der Waals surface area contributed by atoms with Crippen molar-refractivity contribution in [3.8, 4) is 11.5 Å². The summed E-state index contributed by atoms with van der Waals surface area (Å²) in [6.07, 6.45) is 1.52. The number of guanidine groups is 1. The molecule has 0 unspecified atom stereocenters. The zero-order valence-electron chi connectivity index (χ0n) is 15.6. The lowest BCUT2D eigenvalue weighted by Crippen LogP contribution is -2.38. The molecule has 3 N–H and O–H groups in total. The Balaban J connectivity index is 0.00000240. The summed E-state index contributed by atoms with van der Waals surface area (Å²) in [7, 11) is 0. The van der Waals surface area contributed by atoms with Crippen LogP contribution < -0.4 is 20.5 Å². The minimum Gasteiger partial charge on any atom is -0.454 e. The molecule has 2 aliphatic rings. The molecule has 0 spiro atoms. The number of rotatable bonds is 4. The van der Waals surface area contributed by atoms with E-state index in [0.717, 1.165) is 42.4 Å². The Kier molecular flexibility index (Phi) is 6.78. The molecule has 2 heterocycles. The van der Waals surface area contributed by atoms with E-state index in [1.807, 2.05) is 18.2 Å². The van der Waals surface area contributed by atoms with Gasteiger partial charge in [0.25, 0.3) is 0 Å². The van der Waals surface area contributed by atoms with Crippen LogP contribution in [-0.4, -0.2) is 32.5 Å². The van der Waals surface area contributed by atoms with E-state index in [0.29, 0.717) is 25.5 Å². The summed E-state index contributed by atoms with van der Waals surface area (Å²) >= 11 is 0. The average Bonchev–Trinajstić information content (AvgIpc) is 3.18. The molecule has 1 fully saturated rings. The maximum atomic E-state index is 13.8. The molecule has 2 aromatic carbocycles. The SMILES string of the molecule is I.NC(=NCC1(c2ccc3c(c2)OCO3)CCOCC1)Nc1cc(F)ccc1F. The Morgan fingerprint density at radius 3 is 2.62 bits per heavy atom. The van der Waals surface area contributed by atoms with Gasteiger partial charge < -0.3 is 25.3 Å². The van der Waals surface area contributed by atoms with Gasteiger partial charge in [0.15, 0.2) is 17.5 Å². The zero-order valence-corrected chi connectivity index (χ0v) is 18.0. The molecule has 156 valence electrons. The van der Waals surface area contributed by atoms with E-state index in [9.17, 15) is 8.78 Å². The van der Waals surface area contributed by atoms with E-state index < -0.39 is 11.6 Å². The maximum Gasteiger partial charge on any atom is 0.231 e. The molecule has 0 bridgehead atoms. The summed E-state index contributed by atoms with van der Waals surface area (Å²) in [6, 6.07) is 8.99. The lowest BCUT2D eigenvalue weighted by atomic mass is 9.74. The molecular weight excluding hydrogens is 495 g/mol. The van der Waals surface area contributed by atoms with Gasteiger partial charge in [-0.3, -0.25) is 4.99 Å². The summed E-state index contributed by atoms with van der Waals surface area (Å²) in [5.41, 5.74) is 6.67. The predicted molar refractivity (Wildman–Crippen MR) is 116 cm³/mol. The Bertz CT molecular complexity index is 905. The fraction of sp³-hybridized carbons (Fsp3) is 0.350. The summed E-state index contributed by atoms with van der Waals surface area (Å²) in [5, 5.41) is 2.64. The zero-order chi connectivity index (χ0) is 19.6. The van der Waals surface area contributed by atoms with Crippen molar-refractivity contribution in [1.82, 2.24) is 0 Å². The molecule has 9 heteroatoms.